The van der Waals surface area contributed by atoms with E-state index in [-0.39, 0.29) is 24.5 Å². The summed E-state index contributed by atoms with van der Waals surface area (Å²) >= 11 is 2.21. The quantitative estimate of drug-likeness (QED) is 0.211. The van der Waals surface area contributed by atoms with E-state index < -0.39 is 0 Å². The summed E-state index contributed by atoms with van der Waals surface area (Å²) in [6.07, 6.45) is 8.31. The number of rotatable bonds is 14. The van der Waals surface area contributed by atoms with E-state index in [2.05, 4.69) is 53.9 Å². The zero-order valence-electron chi connectivity index (χ0n) is 17.1. The van der Waals surface area contributed by atoms with Crippen LogP contribution in [0.25, 0.3) is 0 Å². The van der Waals surface area contributed by atoms with Gasteiger partial charge < -0.3 is 15.2 Å². The van der Waals surface area contributed by atoms with E-state index in [1.165, 1.54) is 0 Å². The summed E-state index contributed by atoms with van der Waals surface area (Å²) in [4.78, 5) is 12.4. The van der Waals surface area contributed by atoms with E-state index in [1.54, 1.807) is 0 Å². The van der Waals surface area contributed by atoms with Crippen LogP contribution in [0, 0.1) is 5.92 Å². The standard InChI is InChI=1S/C23H34INO3/c1-19(13-15-24)23(25-22(27)12-8-3-4-9-16-26)20(2)14-17-28-18-21-10-6-5-7-11-21/h5-7,10-11,13-15,19,23,26H,3-4,8-9,12,16-18H2,1-2H3,(H,25,27)/t19-,23-/m0/s1. The van der Waals surface area contributed by atoms with Crippen LogP contribution in [0.15, 0.2) is 52.1 Å². The first-order valence-electron chi connectivity index (χ1n) is 10.0. The number of amides is 1. The molecule has 0 bridgehead atoms. The lowest BCUT2D eigenvalue weighted by Gasteiger charge is -2.24. The SMILES string of the molecule is CC(=CCOCc1ccccc1)[C@@H](NC(=O)CCCCCCO)[C@@H](C)C=CI. The predicted molar refractivity (Wildman–Crippen MR) is 124 cm³/mol. The molecule has 0 spiro atoms. The highest BCUT2D eigenvalue weighted by molar-refractivity contribution is 14.1. The van der Waals surface area contributed by atoms with Gasteiger partial charge in [0.05, 0.1) is 19.3 Å². The average molecular weight is 499 g/mol. The third-order valence-corrected chi connectivity index (χ3v) is 5.07. The van der Waals surface area contributed by atoms with Crippen LogP contribution >= 0.6 is 22.6 Å². The first kappa shape index (κ1) is 24.9. The molecule has 0 heterocycles. The second kappa shape index (κ2) is 15.7. The Balaban J connectivity index is 2.52. The number of unbranched alkanes of at least 4 members (excludes halogenated alkanes) is 3. The smallest absolute Gasteiger partial charge is 0.220 e. The molecule has 1 amide bonds. The maximum absolute atomic E-state index is 12.4. The first-order chi connectivity index (χ1) is 13.6. The normalized spacial score (nSPS) is 14.2. The van der Waals surface area contributed by atoms with Crippen molar-refractivity contribution in [3.63, 3.8) is 0 Å². The van der Waals surface area contributed by atoms with Gasteiger partial charge in [0.25, 0.3) is 0 Å². The second-order valence-electron chi connectivity index (χ2n) is 7.06. The Morgan fingerprint density at radius 2 is 1.93 bits per heavy atom. The van der Waals surface area contributed by atoms with Crippen LogP contribution in [0.2, 0.25) is 0 Å². The van der Waals surface area contributed by atoms with Crippen LogP contribution in [-0.4, -0.2) is 30.3 Å². The van der Waals surface area contributed by atoms with E-state index in [9.17, 15) is 4.79 Å². The fraction of sp³-hybridized carbons (Fsp3) is 0.522. The van der Waals surface area contributed by atoms with Crippen LogP contribution in [0.5, 0.6) is 0 Å². The topological polar surface area (TPSA) is 58.6 Å². The van der Waals surface area contributed by atoms with Gasteiger partial charge in [0.15, 0.2) is 0 Å². The lowest BCUT2D eigenvalue weighted by Crippen LogP contribution is -2.39. The van der Waals surface area contributed by atoms with Gasteiger partial charge in [-0.1, -0.05) is 90.4 Å². The number of aliphatic hydroxyl groups is 1. The molecule has 0 aliphatic carbocycles. The monoisotopic (exact) mass is 499 g/mol. The molecule has 156 valence electrons. The molecule has 0 aliphatic heterocycles. The van der Waals surface area contributed by atoms with Crippen LogP contribution in [0.4, 0.5) is 0 Å². The Kier molecular flexibility index (Phi) is 13.9. The molecule has 0 saturated carbocycles. The Morgan fingerprint density at radius 3 is 2.61 bits per heavy atom. The highest BCUT2D eigenvalue weighted by atomic mass is 127. The van der Waals surface area contributed by atoms with E-state index in [0.29, 0.717) is 19.6 Å². The summed E-state index contributed by atoms with van der Waals surface area (Å²) in [5.74, 6) is 0.293. The minimum absolute atomic E-state index is 0.0312. The number of aliphatic hydroxyl groups excluding tert-OH is 1. The predicted octanol–water partition coefficient (Wildman–Crippen LogP) is 5.16. The molecule has 28 heavy (non-hydrogen) atoms. The number of hydrogen-bond acceptors (Lipinski definition) is 3. The van der Waals surface area contributed by atoms with Crippen molar-refractivity contribution in [2.45, 2.75) is 58.6 Å². The van der Waals surface area contributed by atoms with Crippen molar-refractivity contribution in [3.05, 3.63) is 57.7 Å². The Labute approximate surface area is 183 Å². The lowest BCUT2D eigenvalue weighted by atomic mass is 9.94. The van der Waals surface area contributed by atoms with Gasteiger partial charge in [-0.3, -0.25) is 4.79 Å². The van der Waals surface area contributed by atoms with Crippen molar-refractivity contribution in [2.75, 3.05) is 13.2 Å². The van der Waals surface area contributed by atoms with Gasteiger partial charge in [0.1, 0.15) is 0 Å². The van der Waals surface area contributed by atoms with Crippen LogP contribution in [0.3, 0.4) is 0 Å². The number of carbonyl (C=O) groups is 1. The largest absolute Gasteiger partial charge is 0.396 e. The van der Waals surface area contributed by atoms with Crippen LogP contribution < -0.4 is 5.32 Å². The molecule has 5 heteroatoms. The van der Waals surface area contributed by atoms with Gasteiger partial charge in [-0.15, -0.1) is 0 Å². The van der Waals surface area contributed by atoms with Crippen molar-refractivity contribution >= 4 is 28.5 Å². The van der Waals surface area contributed by atoms with Gasteiger partial charge in [-0.05, 0) is 35.3 Å². The molecule has 0 unspecified atom stereocenters. The van der Waals surface area contributed by atoms with E-state index in [0.717, 1.165) is 36.8 Å². The van der Waals surface area contributed by atoms with Crippen LogP contribution in [-0.2, 0) is 16.1 Å². The highest BCUT2D eigenvalue weighted by Gasteiger charge is 2.19. The summed E-state index contributed by atoms with van der Waals surface area (Å²) in [7, 11) is 0. The van der Waals surface area contributed by atoms with E-state index in [4.69, 9.17) is 9.84 Å². The molecule has 0 fully saturated rings. The fourth-order valence-corrected chi connectivity index (χ4v) is 3.61. The van der Waals surface area contributed by atoms with Crippen molar-refractivity contribution < 1.29 is 14.6 Å². The van der Waals surface area contributed by atoms with Crippen LogP contribution in [0.1, 0.15) is 51.5 Å². The summed E-state index contributed by atoms with van der Waals surface area (Å²) in [6.45, 7) is 5.50. The number of carbonyl (C=O) groups excluding carboxylic acids is 1. The van der Waals surface area contributed by atoms with E-state index >= 15 is 0 Å². The molecular formula is C23H34INO3. The third kappa shape index (κ3) is 11.0. The number of halogens is 1. The lowest BCUT2D eigenvalue weighted by molar-refractivity contribution is -0.121. The molecular weight excluding hydrogens is 465 g/mol. The molecule has 2 N–H and O–H groups in total. The summed E-state index contributed by atoms with van der Waals surface area (Å²) in [6, 6.07) is 10.1. The number of benzene rings is 1. The molecule has 0 aliphatic rings. The summed E-state index contributed by atoms with van der Waals surface area (Å²) in [5.41, 5.74) is 2.27. The summed E-state index contributed by atoms with van der Waals surface area (Å²) < 4.78 is 7.75. The number of hydrogen-bond donors (Lipinski definition) is 2. The molecule has 1 aromatic rings. The van der Waals surface area contributed by atoms with Crippen molar-refractivity contribution in [1.29, 1.82) is 0 Å². The van der Waals surface area contributed by atoms with Gasteiger partial charge in [-0.2, -0.15) is 0 Å². The van der Waals surface area contributed by atoms with Gasteiger partial charge in [-0.25, -0.2) is 0 Å². The molecule has 0 aromatic heterocycles. The summed E-state index contributed by atoms with van der Waals surface area (Å²) in [5, 5.41) is 12.0. The Morgan fingerprint density at radius 1 is 1.21 bits per heavy atom. The van der Waals surface area contributed by atoms with E-state index in [1.807, 2.05) is 34.4 Å². The minimum atomic E-state index is -0.0312. The maximum Gasteiger partial charge on any atom is 0.220 e. The van der Waals surface area contributed by atoms with Gasteiger partial charge in [0, 0.05) is 13.0 Å². The number of ether oxygens (including phenoxy) is 1. The Bertz CT molecular complexity index is 601. The third-order valence-electron chi connectivity index (χ3n) is 4.66. The average Bonchev–Trinajstić information content (AvgIpc) is 2.70. The molecule has 2 atom stereocenters. The van der Waals surface area contributed by atoms with Crippen molar-refractivity contribution in [1.82, 2.24) is 5.32 Å². The van der Waals surface area contributed by atoms with Gasteiger partial charge in [0.2, 0.25) is 5.91 Å². The molecule has 0 saturated heterocycles. The van der Waals surface area contributed by atoms with Crippen molar-refractivity contribution in [3.8, 4) is 0 Å². The number of nitrogens with one attached hydrogen (secondary N) is 1. The molecule has 1 aromatic carbocycles. The second-order valence-corrected chi connectivity index (χ2v) is 7.78. The molecule has 1 rings (SSSR count). The van der Waals surface area contributed by atoms with Crippen molar-refractivity contribution in [2.24, 2.45) is 5.92 Å². The molecule has 4 nitrogen and oxygen atoms in total. The highest BCUT2D eigenvalue weighted by Crippen LogP contribution is 2.16. The first-order valence-corrected chi connectivity index (χ1v) is 11.3. The molecule has 0 radical (unpaired) electrons. The van der Waals surface area contributed by atoms with Gasteiger partial charge >= 0.3 is 0 Å². The zero-order chi connectivity index (χ0) is 20.6. The maximum atomic E-state index is 12.4. The zero-order valence-corrected chi connectivity index (χ0v) is 19.2. The minimum Gasteiger partial charge on any atom is -0.396 e. The fourth-order valence-electron chi connectivity index (χ4n) is 2.95. The Hall–Kier alpha value is -1.18.